The molecule has 0 aliphatic heterocycles. The quantitative estimate of drug-likeness (QED) is 0.793. The molecule has 0 aliphatic rings. The van der Waals surface area contributed by atoms with Gasteiger partial charge in [-0.05, 0) is 35.4 Å². The van der Waals surface area contributed by atoms with E-state index in [1.807, 2.05) is 6.92 Å². The van der Waals surface area contributed by atoms with Crippen LogP contribution < -0.4 is 0 Å². The molecule has 1 aromatic carbocycles. The van der Waals surface area contributed by atoms with Crippen LogP contribution >= 0.6 is 0 Å². The van der Waals surface area contributed by atoms with Crippen LogP contribution in [0.1, 0.15) is 69.2 Å². The van der Waals surface area contributed by atoms with E-state index in [4.69, 9.17) is 0 Å². The van der Waals surface area contributed by atoms with Crippen molar-refractivity contribution < 1.29 is 5.11 Å². The van der Waals surface area contributed by atoms with Crippen molar-refractivity contribution in [2.45, 2.75) is 52.6 Å². The van der Waals surface area contributed by atoms with Crippen molar-refractivity contribution in [1.29, 1.82) is 0 Å². The summed E-state index contributed by atoms with van der Waals surface area (Å²) in [5.74, 6) is 1.01. The van der Waals surface area contributed by atoms with Gasteiger partial charge in [-0.3, -0.25) is 0 Å². The van der Waals surface area contributed by atoms with Crippen molar-refractivity contribution in [2.75, 3.05) is 0 Å². The van der Waals surface area contributed by atoms with Crippen LogP contribution in [0.5, 0.6) is 0 Å². The number of rotatable bonds is 3. The molecule has 84 valence electrons. The monoisotopic (exact) mass is 206 g/mol. The predicted molar refractivity (Wildman–Crippen MR) is 65.3 cm³/mol. The lowest BCUT2D eigenvalue weighted by Crippen LogP contribution is -2.02. The molecular weight excluding hydrogens is 184 g/mol. The molecule has 0 heterocycles. The van der Waals surface area contributed by atoms with Gasteiger partial charge in [-0.25, -0.2) is 0 Å². The maximum atomic E-state index is 9.68. The van der Waals surface area contributed by atoms with Gasteiger partial charge in [0.2, 0.25) is 0 Å². The molecule has 0 spiro atoms. The predicted octanol–water partition coefficient (Wildman–Crippen LogP) is 3.99. The molecule has 1 heteroatoms. The second kappa shape index (κ2) is 4.80. The number of aliphatic hydroxyl groups is 1. The molecule has 0 fully saturated rings. The summed E-state index contributed by atoms with van der Waals surface area (Å²) in [5, 5.41) is 9.68. The van der Waals surface area contributed by atoms with Crippen LogP contribution in [-0.2, 0) is 0 Å². The molecule has 1 atom stereocenters. The average Bonchev–Trinajstić information content (AvgIpc) is 2.16. The van der Waals surface area contributed by atoms with Gasteiger partial charge in [-0.2, -0.15) is 0 Å². The Hall–Kier alpha value is -0.820. The molecule has 1 N–H and O–H groups in total. The Morgan fingerprint density at radius 3 is 1.87 bits per heavy atom. The summed E-state index contributed by atoms with van der Waals surface area (Å²) in [6.45, 7) is 10.6. The third kappa shape index (κ3) is 2.82. The van der Waals surface area contributed by atoms with Crippen molar-refractivity contribution in [1.82, 2.24) is 0 Å². The van der Waals surface area contributed by atoms with Crippen molar-refractivity contribution in [2.24, 2.45) is 0 Å². The second-order valence-corrected chi connectivity index (χ2v) is 4.87. The first-order chi connectivity index (χ1) is 6.93. The van der Waals surface area contributed by atoms with Gasteiger partial charge in [0.1, 0.15) is 0 Å². The van der Waals surface area contributed by atoms with Crippen LogP contribution in [-0.4, -0.2) is 5.11 Å². The van der Waals surface area contributed by atoms with E-state index in [1.54, 1.807) is 0 Å². The molecule has 0 aromatic heterocycles. The van der Waals surface area contributed by atoms with Crippen LogP contribution in [0.3, 0.4) is 0 Å². The summed E-state index contributed by atoms with van der Waals surface area (Å²) in [6.07, 6.45) is -0.372. The number of aliphatic hydroxyl groups excluding tert-OH is 1. The topological polar surface area (TPSA) is 20.2 Å². The largest absolute Gasteiger partial charge is 0.389 e. The highest BCUT2D eigenvalue weighted by Crippen LogP contribution is 2.28. The van der Waals surface area contributed by atoms with Crippen molar-refractivity contribution in [3.05, 3.63) is 34.9 Å². The molecule has 0 saturated heterocycles. The summed E-state index contributed by atoms with van der Waals surface area (Å²) in [4.78, 5) is 0. The molecule has 15 heavy (non-hydrogen) atoms. The normalized spacial score (nSPS) is 13.6. The molecule has 0 saturated carbocycles. The van der Waals surface area contributed by atoms with Gasteiger partial charge in [0, 0.05) is 0 Å². The molecule has 0 amide bonds. The smallest absolute Gasteiger partial charge is 0.0764 e. The standard InChI is InChI=1S/C14H22O/c1-9(2)12-6-7-13(11(5)15)14(8-12)10(3)4/h6-11,15H,1-5H3. The number of hydrogen-bond acceptors (Lipinski definition) is 1. The van der Waals surface area contributed by atoms with Gasteiger partial charge >= 0.3 is 0 Å². The Kier molecular flexibility index (Phi) is 3.92. The third-order valence-electron chi connectivity index (χ3n) is 2.85. The van der Waals surface area contributed by atoms with Gasteiger partial charge < -0.3 is 5.11 Å². The van der Waals surface area contributed by atoms with Crippen LogP contribution in [0.25, 0.3) is 0 Å². The lowest BCUT2D eigenvalue weighted by Gasteiger charge is -2.17. The zero-order chi connectivity index (χ0) is 11.6. The van der Waals surface area contributed by atoms with E-state index >= 15 is 0 Å². The van der Waals surface area contributed by atoms with E-state index in [2.05, 4.69) is 45.9 Å². The van der Waals surface area contributed by atoms with E-state index in [-0.39, 0.29) is 6.10 Å². The van der Waals surface area contributed by atoms with E-state index in [0.29, 0.717) is 11.8 Å². The van der Waals surface area contributed by atoms with Crippen LogP contribution in [0.4, 0.5) is 0 Å². The highest BCUT2D eigenvalue weighted by molar-refractivity contribution is 5.36. The Bertz CT molecular complexity index is 324. The minimum absolute atomic E-state index is 0.372. The Balaban J connectivity index is 3.21. The molecule has 0 radical (unpaired) electrons. The zero-order valence-electron chi connectivity index (χ0n) is 10.4. The molecular formula is C14H22O. The highest BCUT2D eigenvalue weighted by atomic mass is 16.3. The molecule has 1 rings (SSSR count). The lowest BCUT2D eigenvalue weighted by molar-refractivity contribution is 0.198. The summed E-state index contributed by atoms with van der Waals surface area (Å²) >= 11 is 0. The number of benzene rings is 1. The first-order valence-corrected chi connectivity index (χ1v) is 5.75. The van der Waals surface area contributed by atoms with Gasteiger partial charge in [-0.1, -0.05) is 45.9 Å². The Morgan fingerprint density at radius 1 is 0.867 bits per heavy atom. The maximum Gasteiger partial charge on any atom is 0.0764 e. The Labute approximate surface area is 93.1 Å². The maximum absolute atomic E-state index is 9.68. The summed E-state index contributed by atoms with van der Waals surface area (Å²) in [7, 11) is 0. The molecule has 1 nitrogen and oxygen atoms in total. The van der Waals surface area contributed by atoms with Crippen LogP contribution in [0.15, 0.2) is 18.2 Å². The summed E-state index contributed by atoms with van der Waals surface area (Å²) < 4.78 is 0. The van der Waals surface area contributed by atoms with E-state index in [1.165, 1.54) is 11.1 Å². The molecule has 1 unspecified atom stereocenters. The lowest BCUT2D eigenvalue weighted by atomic mass is 9.90. The molecule has 0 bridgehead atoms. The molecule has 1 aromatic rings. The average molecular weight is 206 g/mol. The van der Waals surface area contributed by atoms with Gasteiger partial charge in [0.25, 0.3) is 0 Å². The molecule has 0 aliphatic carbocycles. The summed E-state index contributed by atoms with van der Waals surface area (Å²) in [5.41, 5.74) is 3.69. The van der Waals surface area contributed by atoms with Gasteiger partial charge in [-0.15, -0.1) is 0 Å². The summed E-state index contributed by atoms with van der Waals surface area (Å²) in [6, 6.07) is 6.42. The Morgan fingerprint density at radius 2 is 1.47 bits per heavy atom. The number of hydrogen-bond donors (Lipinski definition) is 1. The minimum Gasteiger partial charge on any atom is -0.389 e. The fraction of sp³-hybridized carbons (Fsp3) is 0.571. The van der Waals surface area contributed by atoms with Crippen molar-refractivity contribution in [3.8, 4) is 0 Å². The fourth-order valence-corrected chi connectivity index (χ4v) is 1.83. The zero-order valence-corrected chi connectivity index (χ0v) is 10.4. The van der Waals surface area contributed by atoms with E-state index < -0.39 is 0 Å². The highest BCUT2D eigenvalue weighted by Gasteiger charge is 2.12. The van der Waals surface area contributed by atoms with E-state index in [0.717, 1.165) is 5.56 Å². The van der Waals surface area contributed by atoms with E-state index in [9.17, 15) is 5.11 Å². The first kappa shape index (κ1) is 12.3. The van der Waals surface area contributed by atoms with Crippen LogP contribution in [0.2, 0.25) is 0 Å². The first-order valence-electron chi connectivity index (χ1n) is 5.75. The second-order valence-electron chi connectivity index (χ2n) is 4.87. The SMILES string of the molecule is CC(C)c1ccc(C(C)O)c(C(C)C)c1. The van der Waals surface area contributed by atoms with Crippen molar-refractivity contribution >= 4 is 0 Å². The van der Waals surface area contributed by atoms with Gasteiger partial charge in [0.05, 0.1) is 6.10 Å². The van der Waals surface area contributed by atoms with Crippen LogP contribution in [0, 0.1) is 0 Å². The minimum atomic E-state index is -0.372. The fourth-order valence-electron chi connectivity index (χ4n) is 1.83. The third-order valence-corrected chi connectivity index (χ3v) is 2.85. The van der Waals surface area contributed by atoms with Crippen molar-refractivity contribution in [3.63, 3.8) is 0 Å². The van der Waals surface area contributed by atoms with Gasteiger partial charge in [0.15, 0.2) is 0 Å².